The number of nitrogens with zero attached hydrogens (tertiary/aromatic N) is 2. The predicted octanol–water partition coefficient (Wildman–Crippen LogP) is 1.97. The zero-order valence-electron chi connectivity index (χ0n) is 12.3. The van der Waals surface area contributed by atoms with Gasteiger partial charge in [0.2, 0.25) is 0 Å². The van der Waals surface area contributed by atoms with Crippen LogP contribution in [0.4, 0.5) is 0 Å². The van der Waals surface area contributed by atoms with Crippen molar-refractivity contribution >= 4 is 0 Å². The molecule has 0 aromatic carbocycles. The van der Waals surface area contributed by atoms with Gasteiger partial charge in [0.25, 0.3) is 0 Å². The van der Waals surface area contributed by atoms with E-state index >= 15 is 0 Å². The zero-order chi connectivity index (χ0) is 13.7. The molecule has 19 heavy (non-hydrogen) atoms. The maximum Gasteiger partial charge on any atom is 0.127 e. The molecule has 1 fully saturated rings. The van der Waals surface area contributed by atoms with Crippen molar-refractivity contribution in [1.29, 1.82) is 0 Å². The topological polar surface area (TPSA) is 37.4 Å². The summed E-state index contributed by atoms with van der Waals surface area (Å²) >= 11 is 0. The Labute approximate surface area is 116 Å². The number of likely N-dealkylation sites (tertiary alicyclic amines) is 1. The van der Waals surface area contributed by atoms with Crippen molar-refractivity contribution in [2.75, 3.05) is 26.7 Å². The monoisotopic (exact) mass is 263 g/mol. The lowest BCUT2D eigenvalue weighted by atomic mass is 10.1. The van der Waals surface area contributed by atoms with Crippen LogP contribution in [0, 0.1) is 6.92 Å². The van der Waals surface area contributed by atoms with Crippen LogP contribution in [0.25, 0.3) is 0 Å². The predicted molar refractivity (Wildman–Crippen MR) is 77.5 cm³/mol. The lowest BCUT2D eigenvalue weighted by Crippen LogP contribution is -2.35. The summed E-state index contributed by atoms with van der Waals surface area (Å²) in [6.45, 7) is 8.15. The molecule has 0 bridgehead atoms. The Hall–Kier alpha value is -1.13. The molecule has 1 aliphatic heterocycles. The summed E-state index contributed by atoms with van der Waals surface area (Å²) in [7, 11) is 2.17. The summed E-state index contributed by atoms with van der Waals surface area (Å²) in [6.07, 6.45) is 4.50. The number of aromatic nitrogens is 1. The molecule has 0 spiro atoms. The van der Waals surface area contributed by atoms with Crippen LogP contribution in [-0.2, 0) is 6.54 Å². The summed E-state index contributed by atoms with van der Waals surface area (Å²) in [5.74, 6) is 1.00. The van der Waals surface area contributed by atoms with Gasteiger partial charge in [0.05, 0.1) is 0 Å². The first kappa shape index (κ1) is 14.3. The van der Waals surface area contributed by atoms with Crippen molar-refractivity contribution in [3.05, 3.63) is 23.5 Å². The largest absolute Gasteiger partial charge is 0.490 e. The molecule has 1 aromatic heterocycles. The molecule has 2 heterocycles. The zero-order valence-corrected chi connectivity index (χ0v) is 12.3. The van der Waals surface area contributed by atoms with Crippen LogP contribution in [0.5, 0.6) is 5.75 Å². The van der Waals surface area contributed by atoms with E-state index in [1.165, 1.54) is 0 Å². The third-order valence-electron chi connectivity index (χ3n) is 3.61. The molecule has 0 atom stereocenters. The second-order valence-corrected chi connectivity index (χ2v) is 5.33. The Morgan fingerprint density at radius 2 is 2.16 bits per heavy atom. The van der Waals surface area contributed by atoms with E-state index in [1.54, 1.807) is 0 Å². The highest BCUT2D eigenvalue weighted by atomic mass is 16.5. The Morgan fingerprint density at radius 3 is 2.84 bits per heavy atom. The quantitative estimate of drug-likeness (QED) is 0.881. The van der Waals surface area contributed by atoms with Crippen LogP contribution in [0.2, 0.25) is 0 Å². The lowest BCUT2D eigenvalue weighted by Gasteiger charge is -2.30. The number of ether oxygens (including phenoxy) is 1. The van der Waals surface area contributed by atoms with E-state index in [-0.39, 0.29) is 0 Å². The first-order valence-corrected chi connectivity index (χ1v) is 7.20. The van der Waals surface area contributed by atoms with E-state index < -0.39 is 0 Å². The van der Waals surface area contributed by atoms with E-state index in [0.29, 0.717) is 6.10 Å². The van der Waals surface area contributed by atoms with Crippen LogP contribution in [-0.4, -0.2) is 42.7 Å². The van der Waals surface area contributed by atoms with Gasteiger partial charge in [-0.05, 0) is 33.4 Å². The summed E-state index contributed by atoms with van der Waals surface area (Å²) in [6, 6.07) is 2.06. The maximum absolute atomic E-state index is 6.21. The number of pyridine rings is 1. The van der Waals surface area contributed by atoms with Crippen molar-refractivity contribution in [2.24, 2.45) is 0 Å². The maximum atomic E-state index is 6.21. The van der Waals surface area contributed by atoms with Gasteiger partial charge < -0.3 is 15.0 Å². The van der Waals surface area contributed by atoms with Gasteiger partial charge in [0, 0.05) is 43.2 Å². The smallest absolute Gasteiger partial charge is 0.127 e. The molecule has 106 valence electrons. The Bertz CT molecular complexity index is 400. The standard InChI is InChI=1S/C15H25N3O/c1-4-16-10-13-11-17-12(2)9-15(13)19-14-5-7-18(3)8-6-14/h9,11,14,16H,4-8,10H2,1-3H3. The number of aryl methyl sites for hydroxylation is 1. The fraction of sp³-hybridized carbons (Fsp3) is 0.667. The average Bonchev–Trinajstić information content (AvgIpc) is 2.40. The number of rotatable bonds is 5. The fourth-order valence-corrected chi connectivity index (χ4v) is 2.35. The molecule has 0 unspecified atom stereocenters. The minimum Gasteiger partial charge on any atom is -0.490 e. The van der Waals surface area contributed by atoms with Gasteiger partial charge in [-0.25, -0.2) is 0 Å². The SMILES string of the molecule is CCNCc1cnc(C)cc1OC1CCN(C)CC1. The number of piperidine rings is 1. The Kier molecular flexibility index (Phi) is 5.16. The van der Waals surface area contributed by atoms with Crippen LogP contribution in [0.3, 0.4) is 0 Å². The Balaban J connectivity index is 2.02. The van der Waals surface area contributed by atoms with E-state index in [1.807, 2.05) is 13.1 Å². The van der Waals surface area contributed by atoms with Gasteiger partial charge in [-0.1, -0.05) is 6.92 Å². The molecule has 1 N–H and O–H groups in total. The summed E-state index contributed by atoms with van der Waals surface area (Å²) in [5.41, 5.74) is 2.18. The normalized spacial score (nSPS) is 17.6. The molecule has 0 saturated carbocycles. The van der Waals surface area contributed by atoms with Gasteiger partial charge in [0.15, 0.2) is 0 Å². The van der Waals surface area contributed by atoms with Gasteiger partial charge in [-0.15, -0.1) is 0 Å². The van der Waals surface area contributed by atoms with E-state index in [0.717, 1.165) is 56.0 Å². The third-order valence-corrected chi connectivity index (χ3v) is 3.61. The second-order valence-electron chi connectivity index (χ2n) is 5.33. The van der Waals surface area contributed by atoms with Crippen molar-refractivity contribution in [2.45, 2.75) is 39.3 Å². The highest BCUT2D eigenvalue weighted by Crippen LogP contribution is 2.23. The van der Waals surface area contributed by atoms with Crippen molar-refractivity contribution in [3.8, 4) is 5.75 Å². The first-order chi connectivity index (χ1) is 9.19. The summed E-state index contributed by atoms with van der Waals surface area (Å²) in [4.78, 5) is 6.73. The Morgan fingerprint density at radius 1 is 1.42 bits per heavy atom. The van der Waals surface area contributed by atoms with Gasteiger partial charge in [-0.2, -0.15) is 0 Å². The van der Waals surface area contributed by atoms with Gasteiger partial charge in [-0.3, -0.25) is 4.98 Å². The van der Waals surface area contributed by atoms with E-state index in [4.69, 9.17) is 4.74 Å². The van der Waals surface area contributed by atoms with E-state index in [2.05, 4.69) is 35.2 Å². The molecule has 0 aliphatic carbocycles. The minimum absolute atomic E-state index is 0.346. The van der Waals surface area contributed by atoms with Crippen LogP contribution in [0.15, 0.2) is 12.3 Å². The number of nitrogens with one attached hydrogen (secondary N) is 1. The molecule has 1 aromatic rings. The molecule has 2 rings (SSSR count). The number of hydrogen-bond acceptors (Lipinski definition) is 4. The molecule has 4 nitrogen and oxygen atoms in total. The summed E-state index contributed by atoms with van der Waals surface area (Å²) in [5, 5.41) is 3.34. The molecule has 4 heteroatoms. The van der Waals surface area contributed by atoms with Gasteiger partial charge >= 0.3 is 0 Å². The van der Waals surface area contributed by atoms with Crippen molar-refractivity contribution in [1.82, 2.24) is 15.2 Å². The number of hydrogen-bond donors (Lipinski definition) is 1. The molecule has 0 radical (unpaired) electrons. The molecular formula is C15H25N3O. The van der Waals surface area contributed by atoms with Gasteiger partial charge in [0.1, 0.15) is 11.9 Å². The van der Waals surface area contributed by atoms with E-state index in [9.17, 15) is 0 Å². The molecular weight excluding hydrogens is 238 g/mol. The van der Waals surface area contributed by atoms with Crippen LogP contribution >= 0.6 is 0 Å². The molecule has 1 aliphatic rings. The second kappa shape index (κ2) is 6.87. The van der Waals surface area contributed by atoms with Crippen molar-refractivity contribution in [3.63, 3.8) is 0 Å². The fourth-order valence-electron chi connectivity index (χ4n) is 2.35. The minimum atomic E-state index is 0.346. The molecule has 0 amide bonds. The van der Waals surface area contributed by atoms with Crippen LogP contribution in [0.1, 0.15) is 31.0 Å². The lowest BCUT2D eigenvalue weighted by molar-refractivity contribution is 0.113. The third kappa shape index (κ3) is 4.18. The summed E-state index contributed by atoms with van der Waals surface area (Å²) < 4.78 is 6.21. The highest BCUT2D eigenvalue weighted by Gasteiger charge is 2.19. The molecule has 1 saturated heterocycles. The average molecular weight is 263 g/mol. The highest BCUT2D eigenvalue weighted by molar-refractivity contribution is 5.33. The van der Waals surface area contributed by atoms with Crippen molar-refractivity contribution < 1.29 is 4.74 Å². The first-order valence-electron chi connectivity index (χ1n) is 7.20. The van der Waals surface area contributed by atoms with Crippen LogP contribution < -0.4 is 10.1 Å².